The van der Waals surface area contributed by atoms with Crippen molar-refractivity contribution < 1.29 is 19.7 Å². The van der Waals surface area contributed by atoms with Crippen LogP contribution in [0, 0.1) is 16.7 Å². The number of phenolic OH excluding ortho intramolecular Hbond substituents is 1. The Morgan fingerprint density at radius 3 is 2.58 bits per heavy atom. The molecule has 178 valence electrons. The molecule has 6 fully saturated rings. The van der Waals surface area contributed by atoms with E-state index in [1.54, 1.807) is 0 Å². The van der Waals surface area contributed by atoms with E-state index in [4.69, 9.17) is 9.47 Å². The Balaban J connectivity index is 1.41. The molecule has 5 heteroatoms. The van der Waals surface area contributed by atoms with Gasteiger partial charge < -0.3 is 19.7 Å². The molecule has 1 aromatic carbocycles. The molecule has 2 N–H and O–H groups in total. The Morgan fingerprint density at radius 2 is 1.91 bits per heavy atom. The number of hydrogen-bond donors (Lipinski definition) is 2. The number of ether oxygens (including phenoxy) is 2. The molecule has 5 nitrogen and oxygen atoms in total. The minimum Gasteiger partial charge on any atom is -0.504 e. The number of phenols is 1. The standard InChI is InChI=1S/C28H37NO4/c1-23(2,3)24(4,31)18-13-25-10-11-28(18,32-5)22-27(25)14-26(21(25)29(26)16-7-8-16)12-15-6-9-17(30)20(33-22)19(15)27/h6,9,16,18,21-22,30-31H,7-8,10-14H2,1-5H3/t18?,21?,22?,24?,25?,26-,27+,28?,29-/m1/s1. The molecule has 8 aliphatic rings. The van der Waals surface area contributed by atoms with Gasteiger partial charge in [0.05, 0.1) is 5.60 Å². The Kier molecular flexibility index (Phi) is 3.10. The molecule has 6 aliphatic carbocycles. The van der Waals surface area contributed by atoms with Gasteiger partial charge in [0.25, 0.3) is 0 Å². The topological polar surface area (TPSA) is 61.9 Å². The maximum absolute atomic E-state index is 12.2. The van der Waals surface area contributed by atoms with Crippen molar-refractivity contribution in [2.24, 2.45) is 16.7 Å². The van der Waals surface area contributed by atoms with Crippen LogP contribution in [0.4, 0.5) is 0 Å². The molecule has 1 aromatic rings. The summed E-state index contributed by atoms with van der Waals surface area (Å²) < 4.78 is 13.4. The van der Waals surface area contributed by atoms with Gasteiger partial charge in [0.1, 0.15) is 11.7 Å². The molecule has 0 aromatic heterocycles. The number of methoxy groups -OCH3 is 1. The van der Waals surface area contributed by atoms with Crippen LogP contribution in [0.3, 0.4) is 0 Å². The molecule has 2 aliphatic heterocycles. The van der Waals surface area contributed by atoms with Crippen LogP contribution in [0.1, 0.15) is 77.3 Å². The van der Waals surface area contributed by atoms with E-state index in [0.717, 1.165) is 43.9 Å². The molecule has 33 heavy (non-hydrogen) atoms. The maximum Gasteiger partial charge on any atom is 0.165 e. The number of hydrogen-bond acceptors (Lipinski definition) is 5. The van der Waals surface area contributed by atoms with Gasteiger partial charge in [-0.15, -0.1) is 0 Å². The summed E-state index contributed by atoms with van der Waals surface area (Å²) in [4.78, 5) is 2.90. The minimum atomic E-state index is -0.899. The molecule has 2 heterocycles. The van der Waals surface area contributed by atoms with Crippen LogP contribution < -0.4 is 4.74 Å². The lowest BCUT2D eigenvalue weighted by Gasteiger charge is -2.69. The lowest BCUT2D eigenvalue weighted by atomic mass is 9.38. The SMILES string of the molecule is COC12CCC3(CC1C(C)(O)C(C)(C)C)C1[N@@](C4CC4)[C@@]14Cc1ccc(O)c5c1[C@@]3(C4)C2O5. The molecule has 0 radical (unpaired) electrons. The smallest absolute Gasteiger partial charge is 0.165 e. The van der Waals surface area contributed by atoms with Crippen LogP contribution in [0.2, 0.25) is 0 Å². The highest BCUT2D eigenvalue weighted by Gasteiger charge is 2.93. The summed E-state index contributed by atoms with van der Waals surface area (Å²) in [6, 6.07) is 5.34. The summed E-state index contributed by atoms with van der Waals surface area (Å²) in [6.45, 7) is 8.50. The largest absolute Gasteiger partial charge is 0.504 e. The average molecular weight is 452 g/mol. The normalized spacial score (nSPS) is 51.6. The van der Waals surface area contributed by atoms with Crippen LogP contribution >= 0.6 is 0 Å². The average Bonchev–Trinajstić information content (AvgIpc) is 3.64. The highest BCUT2D eigenvalue weighted by Crippen LogP contribution is 2.86. The molecule has 6 unspecified atom stereocenters. The van der Waals surface area contributed by atoms with Crippen molar-refractivity contribution in [3.05, 3.63) is 23.3 Å². The van der Waals surface area contributed by atoms with E-state index in [9.17, 15) is 10.2 Å². The second-order valence-corrected chi connectivity index (χ2v) is 13.9. The highest BCUT2D eigenvalue weighted by molar-refractivity contribution is 5.67. The lowest BCUT2D eigenvalue weighted by Crippen LogP contribution is -2.78. The zero-order chi connectivity index (χ0) is 23.0. The number of aliphatic hydroxyl groups is 1. The fourth-order valence-corrected chi connectivity index (χ4v) is 10.4. The predicted molar refractivity (Wildman–Crippen MR) is 123 cm³/mol. The second-order valence-electron chi connectivity index (χ2n) is 13.9. The van der Waals surface area contributed by atoms with E-state index in [1.807, 2.05) is 20.1 Å². The summed E-state index contributed by atoms with van der Waals surface area (Å²) in [5.74, 6) is 0.973. The first-order valence-electron chi connectivity index (χ1n) is 13.1. The minimum absolute atomic E-state index is 0.0164. The van der Waals surface area contributed by atoms with Gasteiger partial charge >= 0.3 is 0 Å². The molecular weight excluding hydrogens is 414 g/mol. The molecule has 1 saturated heterocycles. The van der Waals surface area contributed by atoms with E-state index >= 15 is 0 Å². The van der Waals surface area contributed by atoms with Crippen molar-refractivity contribution in [1.82, 2.24) is 4.90 Å². The van der Waals surface area contributed by atoms with Gasteiger partial charge in [-0.05, 0) is 68.9 Å². The van der Waals surface area contributed by atoms with Gasteiger partial charge in [0, 0.05) is 47.0 Å². The van der Waals surface area contributed by atoms with E-state index in [-0.39, 0.29) is 39.6 Å². The highest BCUT2D eigenvalue weighted by atomic mass is 16.6. The van der Waals surface area contributed by atoms with E-state index in [2.05, 4.69) is 31.7 Å². The van der Waals surface area contributed by atoms with Crippen molar-refractivity contribution >= 4 is 0 Å². The third-order valence-electron chi connectivity index (χ3n) is 12.2. The second kappa shape index (κ2) is 5.12. The number of fused-ring (bicyclic) bond motifs is 2. The molecule has 9 atom stereocenters. The first-order chi connectivity index (χ1) is 15.5. The molecule has 5 saturated carbocycles. The number of rotatable bonds is 3. The van der Waals surface area contributed by atoms with Gasteiger partial charge in [-0.25, -0.2) is 0 Å². The number of benzene rings is 1. The van der Waals surface area contributed by atoms with Gasteiger partial charge in [0.15, 0.2) is 11.5 Å². The van der Waals surface area contributed by atoms with E-state index in [0.29, 0.717) is 6.04 Å². The third-order valence-corrected chi connectivity index (χ3v) is 12.2. The molecular formula is C28H37NO4. The van der Waals surface area contributed by atoms with E-state index < -0.39 is 11.2 Å². The van der Waals surface area contributed by atoms with Gasteiger partial charge in [-0.2, -0.15) is 0 Å². The third kappa shape index (κ3) is 1.74. The van der Waals surface area contributed by atoms with Gasteiger partial charge in [-0.3, -0.25) is 4.90 Å². The number of aromatic hydroxyl groups is 1. The summed E-state index contributed by atoms with van der Waals surface area (Å²) in [5, 5.41) is 23.1. The van der Waals surface area contributed by atoms with E-state index in [1.165, 1.54) is 24.0 Å². The van der Waals surface area contributed by atoms with Crippen molar-refractivity contribution in [3.63, 3.8) is 0 Å². The zero-order valence-electron chi connectivity index (χ0n) is 20.6. The van der Waals surface area contributed by atoms with Gasteiger partial charge in [-0.1, -0.05) is 26.8 Å². The summed E-state index contributed by atoms with van der Waals surface area (Å²) >= 11 is 0. The Labute approximate surface area is 196 Å². The summed E-state index contributed by atoms with van der Waals surface area (Å²) in [7, 11) is 1.83. The van der Waals surface area contributed by atoms with Crippen LogP contribution in [0.5, 0.6) is 11.5 Å². The fourth-order valence-electron chi connectivity index (χ4n) is 10.4. The number of likely N-dealkylation sites (tertiary alicyclic amines) is 1. The van der Waals surface area contributed by atoms with Crippen molar-refractivity contribution in [2.45, 2.75) is 113 Å². The molecule has 3 spiro atoms. The Morgan fingerprint density at radius 1 is 1.15 bits per heavy atom. The summed E-state index contributed by atoms with van der Waals surface area (Å²) in [5.41, 5.74) is 1.16. The van der Waals surface area contributed by atoms with Crippen molar-refractivity contribution in [3.8, 4) is 11.5 Å². The summed E-state index contributed by atoms with van der Waals surface area (Å²) in [6.07, 6.45) is 7.75. The number of piperidine rings is 1. The molecule has 9 rings (SSSR count). The number of nitrogens with zero attached hydrogens (tertiary/aromatic N) is 1. The van der Waals surface area contributed by atoms with Crippen LogP contribution in [-0.4, -0.2) is 57.2 Å². The fraction of sp³-hybridized carbons (Fsp3) is 0.786. The van der Waals surface area contributed by atoms with Crippen molar-refractivity contribution in [1.29, 1.82) is 0 Å². The monoisotopic (exact) mass is 451 g/mol. The van der Waals surface area contributed by atoms with Gasteiger partial charge in [0.2, 0.25) is 0 Å². The Hall–Kier alpha value is -1.30. The van der Waals surface area contributed by atoms with Crippen molar-refractivity contribution in [2.75, 3.05) is 7.11 Å². The Bertz CT molecular complexity index is 1120. The van der Waals surface area contributed by atoms with Crippen LogP contribution in [0.25, 0.3) is 0 Å². The zero-order valence-corrected chi connectivity index (χ0v) is 20.6. The molecule has 0 amide bonds. The first-order valence-corrected chi connectivity index (χ1v) is 13.1. The maximum atomic E-state index is 12.2. The molecule has 4 bridgehead atoms. The lowest BCUT2D eigenvalue weighted by molar-refractivity contribution is -0.291. The first kappa shape index (κ1) is 19.9. The quantitative estimate of drug-likeness (QED) is 0.682. The predicted octanol–water partition coefficient (Wildman–Crippen LogP) is 3.92. The van der Waals surface area contributed by atoms with Crippen LogP contribution in [0.15, 0.2) is 12.1 Å². The van der Waals surface area contributed by atoms with Crippen LogP contribution in [-0.2, 0) is 16.6 Å².